The molecular formula is C9H9BrFNO. The number of carbonyl (C=O) groups is 1. The Bertz CT molecular complexity index is 352. The third-order valence-corrected chi connectivity index (χ3v) is 2.31. The number of Topliss-reactive ketones (excluding diaryl/α,β-unsaturated/α-hetero) is 1. The molecule has 2 nitrogen and oxygen atoms in total. The van der Waals surface area contributed by atoms with Crippen LogP contribution in [0.2, 0.25) is 0 Å². The summed E-state index contributed by atoms with van der Waals surface area (Å²) < 4.78 is 13.0. The number of hydrogen-bond donors (Lipinski definition) is 1. The van der Waals surface area contributed by atoms with Gasteiger partial charge in [-0.15, -0.1) is 0 Å². The van der Waals surface area contributed by atoms with Gasteiger partial charge in [-0.25, -0.2) is 4.39 Å². The number of alkyl halides is 1. The molecule has 4 heteroatoms. The molecule has 0 atom stereocenters. The molecule has 0 spiro atoms. The van der Waals surface area contributed by atoms with Gasteiger partial charge in [-0.05, 0) is 18.6 Å². The van der Waals surface area contributed by atoms with Crippen molar-refractivity contribution in [3.63, 3.8) is 0 Å². The van der Waals surface area contributed by atoms with Crippen LogP contribution in [0.15, 0.2) is 12.1 Å². The lowest BCUT2D eigenvalue weighted by molar-refractivity contribution is 0.102. The number of ketones is 1. The highest BCUT2D eigenvalue weighted by atomic mass is 79.9. The third-order valence-electron chi connectivity index (χ3n) is 1.80. The van der Waals surface area contributed by atoms with E-state index in [1.807, 2.05) is 0 Å². The van der Waals surface area contributed by atoms with Gasteiger partial charge in [-0.1, -0.05) is 22.0 Å². The van der Waals surface area contributed by atoms with Crippen LogP contribution in [0.1, 0.15) is 15.9 Å². The second-order valence-electron chi connectivity index (χ2n) is 2.71. The number of benzene rings is 1. The quantitative estimate of drug-likeness (QED) is 0.494. The Labute approximate surface area is 84.1 Å². The molecule has 0 radical (unpaired) electrons. The van der Waals surface area contributed by atoms with Gasteiger partial charge in [0.05, 0.1) is 11.0 Å². The zero-order valence-corrected chi connectivity index (χ0v) is 8.69. The first-order valence-corrected chi connectivity index (χ1v) is 4.83. The smallest absolute Gasteiger partial charge is 0.175 e. The van der Waals surface area contributed by atoms with Gasteiger partial charge in [-0.2, -0.15) is 0 Å². The SMILES string of the molecule is Cc1ccc(F)c(N)c1C(=O)CBr. The van der Waals surface area contributed by atoms with Crippen molar-refractivity contribution >= 4 is 27.4 Å². The van der Waals surface area contributed by atoms with E-state index >= 15 is 0 Å². The van der Waals surface area contributed by atoms with E-state index in [1.54, 1.807) is 13.0 Å². The number of anilines is 1. The molecule has 0 aliphatic rings. The predicted octanol–water partition coefficient (Wildman–Crippen LogP) is 2.29. The van der Waals surface area contributed by atoms with E-state index < -0.39 is 5.82 Å². The van der Waals surface area contributed by atoms with Crippen LogP contribution in [0.5, 0.6) is 0 Å². The van der Waals surface area contributed by atoms with E-state index in [-0.39, 0.29) is 22.4 Å². The molecule has 0 saturated heterocycles. The molecule has 0 bridgehead atoms. The van der Waals surface area contributed by atoms with Gasteiger partial charge in [0.2, 0.25) is 0 Å². The predicted molar refractivity (Wildman–Crippen MR) is 53.7 cm³/mol. The Hall–Kier alpha value is -0.900. The maximum absolute atomic E-state index is 13.0. The molecule has 1 rings (SSSR count). The highest BCUT2D eigenvalue weighted by molar-refractivity contribution is 9.09. The molecule has 13 heavy (non-hydrogen) atoms. The molecular weight excluding hydrogens is 237 g/mol. The number of rotatable bonds is 2. The summed E-state index contributed by atoms with van der Waals surface area (Å²) in [5.74, 6) is -0.746. The van der Waals surface area contributed by atoms with Gasteiger partial charge in [-0.3, -0.25) is 4.79 Å². The van der Waals surface area contributed by atoms with Crippen molar-refractivity contribution in [3.05, 3.63) is 29.1 Å². The minimum atomic E-state index is -0.546. The van der Waals surface area contributed by atoms with Crippen molar-refractivity contribution in [3.8, 4) is 0 Å². The van der Waals surface area contributed by atoms with E-state index in [4.69, 9.17) is 5.73 Å². The topological polar surface area (TPSA) is 43.1 Å². The highest BCUT2D eigenvalue weighted by Crippen LogP contribution is 2.21. The second kappa shape index (κ2) is 3.87. The molecule has 0 heterocycles. The average molecular weight is 246 g/mol. The number of halogens is 2. The summed E-state index contributed by atoms with van der Waals surface area (Å²) in [6.45, 7) is 1.73. The Morgan fingerprint density at radius 1 is 1.62 bits per heavy atom. The summed E-state index contributed by atoms with van der Waals surface area (Å²) in [7, 11) is 0. The number of nitrogens with two attached hydrogens (primary N) is 1. The average Bonchev–Trinajstić information content (AvgIpc) is 2.12. The lowest BCUT2D eigenvalue weighted by Gasteiger charge is -2.07. The van der Waals surface area contributed by atoms with Crippen molar-refractivity contribution < 1.29 is 9.18 Å². The molecule has 1 aromatic carbocycles. The molecule has 0 saturated carbocycles. The Balaban J connectivity index is 3.33. The van der Waals surface area contributed by atoms with Crippen LogP contribution in [0.3, 0.4) is 0 Å². The van der Waals surface area contributed by atoms with Crippen molar-refractivity contribution in [2.45, 2.75) is 6.92 Å². The first kappa shape index (κ1) is 10.2. The van der Waals surface area contributed by atoms with Gasteiger partial charge in [0.25, 0.3) is 0 Å². The minimum Gasteiger partial charge on any atom is -0.396 e. The maximum atomic E-state index is 13.0. The zero-order chi connectivity index (χ0) is 10.0. The van der Waals surface area contributed by atoms with Crippen molar-refractivity contribution in [2.75, 3.05) is 11.1 Å². The molecule has 70 valence electrons. The van der Waals surface area contributed by atoms with Crippen molar-refractivity contribution in [2.24, 2.45) is 0 Å². The number of carbonyl (C=O) groups excluding carboxylic acids is 1. The van der Waals surface area contributed by atoms with E-state index in [0.717, 1.165) is 0 Å². The molecule has 0 aliphatic heterocycles. The van der Waals surface area contributed by atoms with E-state index in [9.17, 15) is 9.18 Å². The first-order chi connectivity index (χ1) is 6.07. The molecule has 0 amide bonds. The largest absolute Gasteiger partial charge is 0.396 e. The van der Waals surface area contributed by atoms with Gasteiger partial charge < -0.3 is 5.73 Å². The van der Waals surface area contributed by atoms with Gasteiger partial charge in [0, 0.05) is 5.56 Å². The fraction of sp³-hybridized carbons (Fsp3) is 0.222. The summed E-state index contributed by atoms with van der Waals surface area (Å²) in [5.41, 5.74) is 6.35. The molecule has 2 N–H and O–H groups in total. The van der Waals surface area contributed by atoms with Gasteiger partial charge in [0.1, 0.15) is 5.82 Å². The Morgan fingerprint density at radius 3 is 2.77 bits per heavy atom. The summed E-state index contributed by atoms with van der Waals surface area (Å²) in [5, 5.41) is 0.154. The fourth-order valence-corrected chi connectivity index (χ4v) is 1.42. The standard InChI is InChI=1S/C9H9BrFNO/c1-5-2-3-6(11)9(12)8(5)7(13)4-10/h2-3H,4,12H2,1H3. The van der Waals surface area contributed by atoms with E-state index in [0.29, 0.717) is 5.56 Å². The maximum Gasteiger partial charge on any atom is 0.175 e. The summed E-state index contributed by atoms with van der Waals surface area (Å²) in [4.78, 5) is 11.3. The van der Waals surface area contributed by atoms with Crippen LogP contribution in [0.4, 0.5) is 10.1 Å². The summed E-state index contributed by atoms with van der Waals surface area (Å²) in [6.07, 6.45) is 0. The Morgan fingerprint density at radius 2 is 2.23 bits per heavy atom. The third kappa shape index (κ3) is 1.88. The van der Waals surface area contributed by atoms with Crippen LogP contribution >= 0.6 is 15.9 Å². The van der Waals surface area contributed by atoms with Crippen LogP contribution < -0.4 is 5.73 Å². The normalized spacial score (nSPS) is 10.1. The second-order valence-corrected chi connectivity index (χ2v) is 3.27. The van der Waals surface area contributed by atoms with Crippen LogP contribution in [-0.4, -0.2) is 11.1 Å². The molecule has 0 fully saturated rings. The van der Waals surface area contributed by atoms with Crippen LogP contribution in [-0.2, 0) is 0 Å². The lowest BCUT2D eigenvalue weighted by Crippen LogP contribution is -2.08. The summed E-state index contributed by atoms with van der Waals surface area (Å²) >= 11 is 3.02. The monoisotopic (exact) mass is 245 g/mol. The number of hydrogen-bond acceptors (Lipinski definition) is 2. The van der Waals surface area contributed by atoms with Crippen molar-refractivity contribution in [1.29, 1.82) is 0 Å². The minimum absolute atomic E-state index is 0.0653. The molecule has 0 unspecified atom stereocenters. The first-order valence-electron chi connectivity index (χ1n) is 3.71. The highest BCUT2D eigenvalue weighted by Gasteiger charge is 2.14. The Kier molecular flexibility index (Phi) is 3.03. The number of nitrogen functional groups attached to an aromatic ring is 1. The van der Waals surface area contributed by atoms with E-state index in [2.05, 4.69) is 15.9 Å². The molecule has 1 aromatic rings. The number of aryl methyl sites for hydroxylation is 1. The molecule has 0 aliphatic carbocycles. The van der Waals surface area contributed by atoms with Crippen LogP contribution in [0.25, 0.3) is 0 Å². The lowest BCUT2D eigenvalue weighted by atomic mass is 10.0. The van der Waals surface area contributed by atoms with Crippen molar-refractivity contribution in [1.82, 2.24) is 0 Å². The van der Waals surface area contributed by atoms with Gasteiger partial charge in [0.15, 0.2) is 5.78 Å². The summed E-state index contributed by atoms with van der Waals surface area (Å²) in [6, 6.07) is 2.80. The van der Waals surface area contributed by atoms with Crippen LogP contribution in [0, 0.1) is 12.7 Å². The van der Waals surface area contributed by atoms with Gasteiger partial charge >= 0.3 is 0 Å². The zero-order valence-electron chi connectivity index (χ0n) is 7.10. The van der Waals surface area contributed by atoms with E-state index in [1.165, 1.54) is 6.07 Å². The fourth-order valence-electron chi connectivity index (χ4n) is 1.14. The molecule has 0 aromatic heterocycles.